The molecule has 0 aromatic carbocycles. The molecular weight excluding hydrogens is 144 g/mol. The van der Waals surface area contributed by atoms with E-state index in [1.807, 2.05) is 0 Å². The largest absolute Gasteiger partial charge is 0.396 e. The number of hydrogen-bond acceptors (Lipinski definition) is 3. The van der Waals surface area contributed by atoms with E-state index in [9.17, 15) is 9.59 Å². The second-order valence-electron chi connectivity index (χ2n) is 2.86. The number of aliphatic hydroxyl groups excluding tert-OH is 1. The van der Waals surface area contributed by atoms with Crippen LogP contribution >= 0.6 is 0 Å². The number of carbonyl (C=O) groups excluding carboxylic acids is 2. The first kappa shape index (κ1) is 10.3. The fraction of sp³-hybridized carbons (Fsp3) is 0.750. The average molecular weight is 158 g/mol. The maximum absolute atomic E-state index is 10.6. The first-order valence-corrected chi connectivity index (χ1v) is 3.66. The molecule has 0 aliphatic rings. The molecule has 0 amide bonds. The lowest BCUT2D eigenvalue weighted by Crippen LogP contribution is -2.13. The van der Waals surface area contributed by atoms with Crippen LogP contribution in [0.1, 0.15) is 26.7 Å². The highest BCUT2D eigenvalue weighted by Gasteiger charge is 2.11. The van der Waals surface area contributed by atoms with E-state index in [0.717, 1.165) is 0 Å². The number of carbonyl (C=O) groups is 2. The molecule has 0 aliphatic carbocycles. The van der Waals surface area contributed by atoms with Crippen LogP contribution in [-0.2, 0) is 9.59 Å². The second-order valence-corrected chi connectivity index (χ2v) is 2.86. The number of aliphatic hydroxyl groups is 1. The molecule has 0 fully saturated rings. The van der Waals surface area contributed by atoms with Gasteiger partial charge in [-0.05, 0) is 19.8 Å². The van der Waals surface area contributed by atoms with Crippen LogP contribution in [0, 0.1) is 5.92 Å². The van der Waals surface area contributed by atoms with Crippen molar-refractivity contribution in [2.75, 3.05) is 6.61 Å². The SMILES string of the molecule is CC(=O)CC(CO)CC(C)=O. The van der Waals surface area contributed by atoms with Crippen LogP contribution in [0.5, 0.6) is 0 Å². The summed E-state index contributed by atoms with van der Waals surface area (Å²) in [4.78, 5) is 21.1. The van der Waals surface area contributed by atoms with Gasteiger partial charge in [0.1, 0.15) is 11.6 Å². The zero-order chi connectivity index (χ0) is 8.85. The first-order chi connectivity index (χ1) is 5.06. The fourth-order valence-corrected chi connectivity index (χ4v) is 1.01. The maximum atomic E-state index is 10.6. The first-order valence-electron chi connectivity index (χ1n) is 3.66. The molecule has 0 unspecified atom stereocenters. The Bertz CT molecular complexity index is 135. The maximum Gasteiger partial charge on any atom is 0.130 e. The lowest BCUT2D eigenvalue weighted by molar-refractivity contribution is -0.120. The molecule has 0 radical (unpaired) electrons. The minimum Gasteiger partial charge on any atom is -0.396 e. The molecule has 11 heavy (non-hydrogen) atoms. The van der Waals surface area contributed by atoms with Crippen LogP contribution in [0.3, 0.4) is 0 Å². The minimum absolute atomic E-state index is 0.0188. The highest BCUT2D eigenvalue weighted by atomic mass is 16.3. The van der Waals surface area contributed by atoms with Gasteiger partial charge in [-0.3, -0.25) is 0 Å². The van der Waals surface area contributed by atoms with E-state index in [4.69, 9.17) is 5.11 Å². The van der Waals surface area contributed by atoms with Crippen LogP contribution in [0.25, 0.3) is 0 Å². The lowest BCUT2D eigenvalue weighted by atomic mass is 9.98. The molecule has 0 bridgehead atoms. The second kappa shape index (κ2) is 5.02. The Morgan fingerprint density at radius 3 is 1.73 bits per heavy atom. The molecule has 0 aromatic heterocycles. The average Bonchev–Trinajstić information content (AvgIpc) is 1.84. The molecule has 0 atom stereocenters. The zero-order valence-corrected chi connectivity index (χ0v) is 6.96. The summed E-state index contributed by atoms with van der Waals surface area (Å²) in [6.45, 7) is 2.84. The zero-order valence-electron chi connectivity index (χ0n) is 6.96. The Labute approximate surface area is 66.4 Å². The van der Waals surface area contributed by atoms with Crippen LogP contribution in [0.2, 0.25) is 0 Å². The summed E-state index contributed by atoms with van der Waals surface area (Å²) in [5.74, 6) is -0.138. The van der Waals surface area contributed by atoms with Gasteiger partial charge in [0, 0.05) is 19.4 Å². The normalized spacial score (nSPS) is 10.2. The Hall–Kier alpha value is -0.700. The van der Waals surface area contributed by atoms with E-state index in [1.165, 1.54) is 13.8 Å². The summed E-state index contributed by atoms with van der Waals surface area (Å²) in [5.41, 5.74) is 0. The Balaban J connectivity index is 3.76. The number of hydrogen-bond donors (Lipinski definition) is 1. The number of rotatable bonds is 5. The monoisotopic (exact) mass is 158 g/mol. The Kier molecular flexibility index (Phi) is 4.70. The summed E-state index contributed by atoms with van der Waals surface area (Å²) in [6, 6.07) is 0. The molecular formula is C8H14O3. The van der Waals surface area contributed by atoms with E-state index >= 15 is 0 Å². The van der Waals surface area contributed by atoms with Crippen molar-refractivity contribution in [3.63, 3.8) is 0 Å². The Morgan fingerprint density at radius 1 is 1.18 bits per heavy atom. The molecule has 64 valence electrons. The minimum atomic E-state index is -0.176. The van der Waals surface area contributed by atoms with Gasteiger partial charge in [-0.2, -0.15) is 0 Å². The van der Waals surface area contributed by atoms with Crippen LogP contribution < -0.4 is 0 Å². The Morgan fingerprint density at radius 2 is 1.55 bits per heavy atom. The molecule has 0 saturated heterocycles. The molecule has 0 heterocycles. The summed E-state index contributed by atoms with van der Waals surface area (Å²) in [7, 11) is 0. The van der Waals surface area contributed by atoms with Crippen molar-refractivity contribution in [1.29, 1.82) is 0 Å². The van der Waals surface area contributed by atoms with E-state index in [2.05, 4.69) is 0 Å². The molecule has 0 spiro atoms. The van der Waals surface area contributed by atoms with Gasteiger partial charge in [0.05, 0.1) is 0 Å². The quantitative estimate of drug-likeness (QED) is 0.635. The van der Waals surface area contributed by atoms with Crippen molar-refractivity contribution >= 4 is 11.6 Å². The van der Waals surface area contributed by atoms with Crippen molar-refractivity contribution in [1.82, 2.24) is 0 Å². The van der Waals surface area contributed by atoms with Crippen molar-refractivity contribution in [3.05, 3.63) is 0 Å². The predicted molar refractivity (Wildman–Crippen MR) is 41.2 cm³/mol. The van der Waals surface area contributed by atoms with Crippen molar-refractivity contribution in [2.24, 2.45) is 5.92 Å². The van der Waals surface area contributed by atoms with Gasteiger partial charge in [-0.15, -0.1) is 0 Å². The van der Waals surface area contributed by atoms with Crippen molar-refractivity contribution in [2.45, 2.75) is 26.7 Å². The summed E-state index contributed by atoms with van der Waals surface area (Å²) < 4.78 is 0. The lowest BCUT2D eigenvalue weighted by Gasteiger charge is -2.08. The van der Waals surface area contributed by atoms with Gasteiger partial charge in [-0.1, -0.05) is 0 Å². The van der Waals surface area contributed by atoms with E-state index in [-0.39, 0.29) is 24.1 Å². The van der Waals surface area contributed by atoms with Gasteiger partial charge < -0.3 is 14.7 Å². The van der Waals surface area contributed by atoms with Crippen LogP contribution in [0.15, 0.2) is 0 Å². The summed E-state index contributed by atoms with van der Waals surface area (Å²) in [5, 5.41) is 8.72. The number of ketones is 2. The standard InChI is InChI=1S/C8H14O3/c1-6(10)3-8(5-9)4-7(2)11/h8-9H,3-5H2,1-2H3. The molecule has 0 aliphatic heterocycles. The molecule has 3 heteroatoms. The van der Waals surface area contributed by atoms with E-state index < -0.39 is 0 Å². The van der Waals surface area contributed by atoms with Crippen LogP contribution in [0.4, 0.5) is 0 Å². The van der Waals surface area contributed by atoms with E-state index in [1.54, 1.807) is 0 Å². The molecule has 0 aromatic rings. The topological polar surface area (TPSA) is 54.4 Å². The highest BCUT2D eigenvalue weighted by Crippen LogP contribution is 2.08. The van der Waals surface area contributed by atoms with Gasteiger partial charge >= 0.3 is 0 Å². The molecule has 3 nitrogen and oxygen atoms in total. The van der Waals surface area contributed by atoms with Crippen molar-refractivity contribution in [3.8, 4) is 0 Å². The van der Waals surface area contributed by atoms with E-state index in [0.29, 0.717) is 12.8 Å². The van der Waals surface area contributed by atoms with Crippen LogP contribution in [-0.4, -0.2) is 23.3 Å². The van der Waals surface area contributed by atoms with Gasteiger partial charge in [0.2, 0.25) is 0 Å². The molecule has 1 N–H and O–H groups in total. The van der Waals surface area contributed by atoms with Gasteiger partial charge in [-0.25, -0.2) is 0 Å². The van der Waals surface area contributed by atoms with Gasteiger partial charge in [0.25, 0.3) is 0 Å². The third-order valence-corrected chi connectivity index (χ3v) is 1.41. The summed E-state index contributed by atoms with van der Waals surface area (Å²) >= 11 is 0. The molecule has 0 rings (SSSR count). The predicted octanol–water partition coefficient (Wildman–Crippen LogP) is 0.553. The smallest absolute Gasteiger partial charge is 0.130 e. The fourth-order valence-electron chi connectivity index (χ4n) is 1.01. The highest BCUT2D eigenvalue weighted by molar-refractivity contribution is 5.79. The third-order valence-electron chi connectivity index (χ3n) is 1.41. The summed E-state index contributed by atoms with van der Waals surface area (Å²) in [6.07, 6.45) is 0.603. The molecule has 0 saturated carbocycles. The van der Waals surface area contributed by atoms with Gasteiger partial charge in [0.15, 0.2) is 0 Å². The van der Waals surface area contributed by atoms with Crippen molar-refractivity contribution < 1.29 is 14.7 Å². The number of Topliss-reactive ketones (excluding diaryl/α,β-unsaturated/α-hetero) is 2. The third kappa shape index (κ3) is 5.73.